The van der Waals surface area contributed by atoms with Gasteiger partial charge in [-0.3, -0.25) is 24.0 Å². The molecule has 10 heteroatoms. The molecular weight excluding hydrogens is 374 g/mol. The van der Waals surface area contributed by atoms with Crippen LogP contribution in [0.1, 0.15) is 30.1 Å². The predicted molar refractivity (Wildman–Crippen MR) is 101 cm³/mol. The minimum Gasteiger partial charge on any atom is -0.383 e. The van der Waals surface area contributed by atoms with Crippen molar-refractivity contribution in [2.24, 2.45) is 0 Å². The number of anilines is 2. The molecule has 0 aliphatic heterocycles. The Kier molecular flexibility index (Phi) is 7.05. The van der Waals surface area contributed by atoms with E-state index in [0.717, 1.165) is 28.0 Å². The number of benzene rings is 1. The molecule has 3 N–H and O–H groups in total. The summed E-state index contributed by atoms with van der Waals surface area (Å²) in [6.07, 6.45) is 1.39. The van der Waals surface area contributed by atoms with E-state index >= 15 is 0 Å². The van der Waals surface area contributed by atoms with Crippen molar-refractivity contribution in [3.8, 4) is 0 Å². The van der Waals surface area contributed by atoms with Crippen LogP contribution < -0.4 is 21.9 Å². The second-order valence-electron chi connectivity index (χ2n) is 6.07. The fourth-order valence-electron chi connectivity index (χ4n) is 2.68. The molecule has 0 saturated carbocycles. The van der Waals surface area contributed by atoms with Crippen molar-refractivity contribution in [2.45, 2.75) is 26.3 Å². The number of aromatic nitrogens is 2. The minimum absolute atomic E-state index is 0.0154. The molecule has 0 bridgehead atoms. The summed E-state index contributed by atoms with van der Waals surface area (Å²) in [5.41, 5.74) is 3.71. The number of nitrogen functional groups attached to an aromatic ring is 1. The number of carbonyl (C=O) groups is 1. The SMILES string of the molecule is CCCCn1c(N)c(N(CCOC)C(=O)c2ccc(F)cc2F)c(=O)[nH]c1=O. The Bertz CT molecular complexity index is 971. The van der Waals surface area contributed by atoms with Gasteiger partial charge in [0.15, 0.2) is 5.69 Å². The number of nitrogens with two attached hydrogens (primary N) is 1. The van der Waals surface area contributed by atoms with E-state index in [1.165, 1.54) is 7.11 Å². The van der Waals surface area contributed by atoms with Crippen LogP contribution in [0.15, 0.2) is 27.8 Å². The fourth-order valence-corrected chi connectivity index (χ4v) is 2.68. The Morgan fingerprint density at radius 3 is 2.64 bits per heavy atom. The van der Waals surface area contributed by atoms with Crippen molar-refractivity contribution in [1.82, 2.24) is 9.55 Å². The zero-order valence-electron chi connectivity index (χ0n) is 15.6. The number of nitrogens with one attached hydrogen (secondary N) is 1. The topological polar surface area (TPSA) is 110 Å². The lowest BCUT2D eigenvalue weighted by molar-refractivity contribution is 0.0971. The summed E-state index contributed by atoms with van der Waals surface area (Å²) in [7, 11) is 1.39. The van der Waals surface area contributed by atoms with Gasteiger partial charge in [0.25, 0.3) is 11.5 Å². The minimum atomic E-state index is -1.08. The highest BCUT2D eigenvalue weighted by Crippen LogP contribution is 2.21. The second kappa shape index (κ2) is 9.27. The molecule has 0 radical (unpaired) electrons. The van der Waals surface area contributed by atoms with Gasteiger partial charge in [-0.2, -0.15) is 0 Å². The van der Waals surface area contributed by atoms with Crippen molar-refractivity contribution in [3.05, 3.63) is 56.2 Å². The third-order valence-corrected chi connectivity index (χ3v) is 4.15. The van der Waals surface area contributed by atoms with Crippen LogP contribution in [0.2, 0.25) is 0 Å². The Hall–Kier alpha value is -3.01. The summed E-state index contributed by atoms with van der Waals surface area (Å²) in [4.78, 5) is 40.5. The van der Waals surface area contributed by atoms with Gasteiger partial charge in [-0.25, -0.2) is 13.6 Å². The Labute approximate surface area is 159 Å². The first kappa shape index (κ1) is 21.3. The second-order valence-corrected chi connectivity index (χ2v) is 6.07. The zero-order chi connectivity index (χ0) is 20.8. The van der Waals surface area contributed by atoms with Crippen LogP contribution >= 0.6 is 0 Å². The van der Waals surface area contributed by atoms with Crippen molar-refractivity contribution in [1.29, 1.82) is 0 Å². The molecule has 2 rings (SSSR count). The van der Waals surface area contributed by atoms with Crippen LogP contribution in [0.25, 0.3) is 0 Å². The van der Waals surface area contributed by atoms with Crippen LogP contribution in [-0.2, 0) is 11.3 Å². The number of methoxy groups -OCH3 is 1. The molecule has 0 unspecified atom stereocenters. The molecule has 1 aromatic heterocycles. The molecule has 1 heterocycles. The number of halogens is 2. The molecule has 0 aliphatic carbocycles. The Morgan fingerprint density at radius 1 is 1.32 bits per heavy atom. The highest BCUT2D eigenvalue weighted by atomic mass is 19.1. The average molecular weight is 396 g/mol. The predicted octanol–water partition coefficient (Wildman–Crippen LogP) is 1.49. The number of rotatable bonds is 8. The summed E-state index contributed by atoms with van der Waals surface area (Å²) in [5.74, 6) is -3.05. The highest BCUT2D eigenvalue weighted by Gasteiger charge is 2.27. The van der Waals surface area contributed by atoms with Gasteiger partial charge in [0.2, 0.25) is 0 Å². The number of ether oxygens (including phenoxy) is 1. The number of H-pyrrole nitrogens is 1. The number of hydrogen-bond acceptors (Lipinski definition) is 5. The molecule has 1 amide bonds. The van der Waals surface area contributed by atoms with Crippen molar-refractivity contribution < 1.29 is 18.3 Å². The number of amides is 1. The third kappa shape index (κ3) is 4.45. The van der Waals surface area contributed by atoms with Crippen LogP contribution in [0.3, 0.4) is 0 Å². The smallest absolute Gasteiger partial charge is 0.330 e. The fraction of sp³-hybridized carbons (Fsp3) is 0.389. The van der Waals surface area contributed by atoms with Crippen molar-refractivity contribution in [3.63, 3.8) is 0 Å². The first-order valence-electron chi connectivity index (χ1n) is 8.70. The summed E-state index contributed by atoms with van der Waals surface area (Å²) in [6, 6.07) is 2.47. The van der Waals surface area contributed by atoms with E-state index in [9.17, 15) is 23.2 Å². The maximum Gasteiger partial charge on any atom is 0.330 e. The molecule has 0 atom stereocenters. The number of unbranched alkanes of at least 4 members (excludes halogenated alkanes) is 1. The third-order valence-electron chi connectivity index (χ3n) is 4.15. The molecule has 152 valence electrons. The van der Waals surface area contributed by atoms with Crippen LogP contribution in [-0.4, -0.2) is 35.7 Å². The lowest BCUT2D eigenvalue weighted by atomic mass is 10.1. The number of carbonyl (C=O) groups excluding carboxylic acids is 1. The van der Waals surface area contributed by atoms with Crippen LogP contribution in [0.5, 0.6) is 0 Å². The molecule has 0 fully saturated rings. The average Bonchev–Trinajstić information content (AvgIpc) is 2.63. The molecule has 8 nitrogen and oxygen atoms in total. The molecule has 0 saturated heterocycles. The maximum absolute atomic E-state index is 14.1. The molecule has 28 heavy (non-hydrogen) atoms. The summed E-state index contributed by atoms with van der Waals surface area (Å²) in [6.45, 7) is 2.04. The van der Waals surface area contributed by atoms with Gasteiger partial charge >= 0.3 is 5.69 Å². The lowest BCUT2D eigenvalue weighted by Gasteiger charge is -2.24. The summed E-state index contributed by atoms with van der Waals surface area (Å²) < 4.78 is 33.4. The van der Waals surface area contributed by atoms with Gasteiger partial charge in [-0.05, 0) is 18.6 Å². The van der Waals surface area contributed by atoms with E-state index in [4.69, 9.17) is 10.5 Å². The number of hydrogen-bond donors (Lipinski definition) is 2. The van der Waals surface area contributed by atoms with Gasteiger partial charge < -0.3 is 10.5 Å². The Morgan fingerprint density at radius 2 is 2.04 bits per heavy atom. The van der Waals surface area contributed by atoms with Crippen LogP contribution in [0.4, 0.5) is 20.3 Å². The standard InChI is InChI=1S/C18H22F2N4O4/c1-3-4-7-24-15(21)14(16(25)22-18(24)27)23(8-9-28-2)17(26)12-6-5-11(19)10-13(12)20/h5-6,10H,3-4,7-9,21H2,1-2H3,(H,22,25,27). The normalized spacial score (nSPS) is 10.9. The maximum atomic E-state index is 14.1. The molecular formula is C18H22F2N4O4. The van der Waals surface area contributed by atoms with E-state index in [0.29, 0.717) is 12.5 Å². The van der Waals surface area contributed by atoms with E-state index in [-0.39, 0.29) is 31.2 Å². The highest BCUT2D eigenvalue weighted by molar-refractivity contribution is 6.07. The number of nitrogens with zero attached hydrogens (tertiary/aromatic N) is 2. The monoisotopic (exact) mass is 396 g/mol. The Balaban J connectivity index is 2.61. The van der Waals surface area contributed by atoms with E-state index in [1.807, 2.05) is 6.92 Å². The molecule has 0 aliphatic rings. The molecule has 2 aromatic rings. The van der Waals surface area contributed by atoms with Crippen molar-refractivity contribution in [2.75, 3.05) is 30.9 Å². The van der Waals surface area contributed by atoms with Gasteiger partial charge in [0.05, 0.1) is 12.2 Å². The largest absolute Gasteiger partial charge is 0.383 e. The summed E-state index contributed by atoms with van der Waals surface area (Å²) >= 11 is 0. The quantitative estimate of drug-likeness (QED) is 0.702. The van der Waals surface area contributed by atoms with E-state index in [1.54, 1.807) is 0 Å². The molecule has 0 spiro atoms. The van der Waals surface area contributed by atoms with Gasteiger partial charge in [0, 0.05) is 26.3 Å². The number of aromatic amines is 1. The molecule has 1 aromatic carbocycles. The van der Waals surface area contributed by atoms with Gasteiger partial charge in [-0.1, -0.05) is 13.3 Å². The zero-order valence-corrected chi connectivity index (χ0v) is 15.6. The van der Waals surface area contributed by atoms with Crippen molar-refractivity contribution >= 4 is 17.4 Å². The van der Waals surface area contributed by atoms with Gasteiger partial charge in [-0.15, -0.1) is 0 Å². The van der Waals surface area contributed by atoms with E-state index in [2.05, 4.69) is 4.98 Å². The first-order valence-corrected chi connectivity index (χ1v) is 8.70. The van der Waals surface area contributed by atoms with Gasteiger partial charge in [0.1, 0.15) is 17.5 Å². The van der Waals surface area contributed by atoms with E-state index < -0.39 is 34.4 Å². The summed E-state index contributed by atoms with van der Waals surface area (Å²) in [5, 5.41) is 0. The first-order chi connectivity index (χ1) is 13.3. The van der Waals surface area contributed by atoms with Crippen LogP contribution in [0, 0.1) is 11.6 Å². The lowest BCUT2D eigenvalue weighted by Crippen LogP contribution is -2.42.